The van der Waals surface area contributed by atoms with Crippen LogP contribution in [-0.4, -0.2) is 53.1 Å². The number of hydrogen-bond donors (Lipinski definition) is 1. The van der Waals surface area contributed by atoms with Gasteiger partial charge in [-0.25, -0.2) is 22.0 Å². The number of nitrogens with zero attached hydrogens (tertiary/aromatic N) is 2. The molecule has 0 bridgehead atoms. The number of benzene rings is 1. The third-order valence-corrected chi connectivity index (χ3v) is 8.56. The van der Waals surface area contributed by atoms with Crippen molar-refractivity contribution < 1.29 is 31.9 Å². The molecule has 7 nitrogen and oxygen atoms in total. The molecule has 1 saturated carbocycles. The Hall–Kier alpha value is -2.15. The van der Waals surface area contributed by atoms with Gasteiger partial charge in [-0.15, -0.1) is 0 Å². The number of aromatic nitrogens is 1. The van der Waals surface area contributed by atoms with Gasteiger partial charge in [0.05, 0.1) is 16.4 Å². The second-order valence-electron chi connectivity index (χ2n) is 7.71. The third kappa shape index (κ3) is 3.71. The zero-order chi connectivity index (χ0) is 22.6. The summed E-state index contributed by atoms with van der Waals surface area (Å²) < 4.78 is 55.1. The van der Waals surface area contributed by atoms with Gasteiger partial charge in [0.2, 0.25) is 5.91 Å². The number of carboxylic acids is 1. The smallest absolute Gasteiger partial charge is 0.326 e. The SMILES string of the molecule is O=C(O)[C@@H]1C[C@@H](S(=O)(=O)c2ccccc2F)CN1C(=O)C1(c2ncc(I)cc2F)CC1. The topological polar surface area (TPSA) is 105 Å². The number of sulfone groups is 1. The van der Waals surface area contributed by atoms with Crippen LogP contribution >= 0.6 is 22.6 Å². The molecule has 1 saturated heterocycles. The number of amides is 1. The van der Waals surface area contributed by atoms with E-state index in [4.69, 9.17) is 0 Å². The maximum absolute atomic E-state index is 14.5. The molecule has 164 valence electrons. The fraction of sp³-hybridized carbons (Fsp3) is 0.350. The summed E-state index contributed by atoms with van der Waals surface area (Å²) in [5, 5.41) is 8.34. The summed E-state index contributed by atoms with van der Waals surface area (Å²) in [4.78, 5) is 29.7. The summed E-state index contributed by atoms with van der Waals surface area (Å²) >= 11 is 1.88. The highest BCUT2D eigenvalue weighted by Gasteiger charge is 2.59. The van der Waals surface area contributed by atoms with Gasteiger partial charge in [0.15, 0.2) is 9.84 Å². The molecule has 1 N–H and O–H groups in total. The van der Waals surface area contributed by atoms with E-state index in [0.717, 1.165) is 17.0 Å². The molecule has 2 aliphatic rings. The molecule has 2 heterocycles. The normalized spacial score (nSPS) is 22.4. The van der Waals surface area contributed by atoms with Crippen LogP contribution in [0.3, 0.4) is 0 Å². The Kier molecular flexibility index (Phi) is 5.53. The van der Waals surface area contributed by atoms with Gasteiger partial charge in [0, 0.05) is 16.3 Å². The minimum absolute atomic E-state index is 0.0672. The third-order valence-electron chi connectivity index (χ3n) is 5.81. The zero-order valence-electron chi connectivity index (χ0n) is 16.0. The van der Waals surface area contributed by atoms with Gasteiger partial charge in [-0.1, -0.05) is 12.1 Å². The summed E-state index contributed by atoms with van der Waals surface area (Å²) in [7, 11) is -4.23. The second-order valence-corrected chi connectivity index (χ2v) is 11.2. The molecule has 0 unspecified atom stereocenters. The molecule has 2 atom stereocenters. The molecule has 1 amide bonds. The number of rotatable bonds is 5. The van der Waals surface area contributed by atoms with Crippen LogP contribution < -0.4 is 0 Å². The fourth-order valence-electron chi connectivity index (χ4n) is 4.05. The Bertz CT molecular complexity index is 1190. The van der Waals surface area contributed by atoms with E-state index >= 15 is 0 Å². The number of carbonyl (C=O) groups excluding carboxylic acids is 1. The predicted octanol–water partition coefficient (Wildman–Crippen LogP) is 2.52. The number of pyridine rings is 1. The first-order valence-corrected chi connectivity index (χ1v) is 12.0. The van der Waals surface area contributed by atoms with Gasteiger partial charge in [-0.2, -0.15) is 0 Å². The first-order chi connectivity index (χ1) is 14.6. The standard InChI is InChI=1S/C20H17F2IN2O5S/c21-13-3-1-2-4-16(13)31(29,30)12-8-15(18(26)27)25(10-12)19(28)20(5-6-20)17-14(22)7-11(23)9-24-17/h1-4,7,9,12,15H,5-6,8,10H2,(H,26,27)/t12-,15+/m1/s1. The molecule has 0 spiro atoms. The van der Waals surface area contributed by atoms with E-state index in [9.17, 15) is 31.9 Å². The van der Waals surface area contributed by atoms with Crippen molar-refractivity contribution in [2.24, 2.45) is 0 Å². The van der Waals surface area contributed by atoms with Crippen LogP contribution in [0.4, 0.5) is 8.78 Å². The number of carboxylic acid groups (broad SMARTS) is 1. The second kappa shape index (κ2) is 7.76. The van der Waals surface area contributed by atoms with Crippen molar-refractivity contribution in [2.45, 2.75) is 40.9 Å². The molecule has 0 radical (unpaired) electrons. The Balaban J connectivity index is 1.68. The molecule has 2 fully saturated rings. The molecule has 1 aromatic heterocycles. The lowest BCUT2D eigenvalue weighted by atomic mass is 9.98. The van der Waals surface area contributed by atoms with E-state index < -0.39 is 61.5 Å². The van der Waals surface area contributed by atoms with Crippen LogP contribution in [0, 0.1) is 15.2 Å². The highest BCUT2D eigenvalue weighted by atomic mass is 127. The van der Waals surface area contributed by atoms with Crippen molar-refractivity contribution in [2.75, 3.05) is 6.54 Å². The summed E-state index contributed by atoms with van der Waals surface area (Å²) in [5.74, 6) is -3.65. The Morgan fingerprint density at radius 1 is 1.19 bits per heavy atom. The van der Waals surface area contributed by atoms with Crippen molar-refractivity contribution >= 4 is 44.3 Å². The predicted molar refractivity (Wildman–Crippen MR) is 113 cm³/mol. The van der Waals surface area contributed by atoms with Gasteiger partial charge in [-0.3, -0.25) is 9.78 Å². The molecule has 1 aliphatic carbocycles. The summed E-state index contributed by atoms with van der Waals surface area (Å²) in [6.45, 7) is -0.416. The van der Waals surface area contributed by atoms with Gasteiger partial charge < -0.3 is 10.0 Å². The number of carbonyl (C=O) groups is 2. The number of likely N-dealkylation sites (tertiary alicyclic amines) is 1. The van der Waals surface area contributed by atoms with E-state index in [-0.39, 0.29) is 25.0 Å². The molecule has 4 rings (SSSR count). The van der Waals surface area contributed by atoms with Crippen LogP contribution in [0.15, 0.2) is 41.4 Å². The molecule has 2 aromatic rings. The number of halogens is 3. The lowest BCUT2D eigenvalue weighted by Gasteiger charge is -2.26. The van der Waals surface area contributed by atoms with Crippen LogP contribution in [-0.2, 0) is 24.8 Å². The molecular formula is C20H17F2IN2O5S. The number of aliphatic carboxylic acids is 1. The quantitative estimate of drug-likeness (QED) is 0.562. The summed E-state index contributed by atoms with van der Waals surface area (Å²) in [6.07, 6.45) is 1.60. The van der Waals surface area contributed by atoms with Crippen molar-refractivity contribution in [3.05, 3.63) is 57.4 Å². The lowest BCUT2D eigenvalue weighted by Crippen LogP contribution is -2.46. The average Bonchev–Trinajstić information content (AvgIpc) is 3.37. The summed E-state index contributed by atoms with van der Waals surface area (Å²) in [5.41, 5.74) is -1.37. The lowest BCUT2D eigenvalue weighted by molar-refractivity contribution is -0.149. The van der Waals surface area contributed by atoms with E-state index in [1.54, 1.807) is 0 Å². The molecular weight excluding hydrogens is 545 g/mol. The summed E-state index contributed by atoms with van der Waals surface area (Å²) in [6, 6.07) is 4.65. The molecule has 31 heavy (non-hydrogen) atoms. The van der Waals surface area contributed by atoms with Crippen LogP contribution in [0.2, 0.25) is 0 Å². The van der Waals surface area contributed by atoms with Gasteiger partial charge in [0.25, 0.3) is 0 Å². The van der Waals surface area contributed by atoms with Gasteiger partial charge >= 0.3 is 5.97 Å². The van der Waals surface area contributed by atoms with Crippen molar-refractivity contribution in [1.82, 2.24) is 9.88 Å². The number of hydrogen-bond acceptors (Lipinski definition) is 5. The van der Waals surface area contributed by atoms with Crippen LogP contribution in [0.5, 0.6) is 0 Å². The molecule has 1 aromatic carbocycles. The first kappa shape index (κ1) is 22.1. The highest BCUT2D eigenvalue weighted by molar-refractivity contribution is 14.1. The maximum atomic E-state index is 14.5. The first-order valence-electron chi connectivity index (χ1n) is 9.42. The van der Waals surface area contributed by atoms with Crippen molar-refractivity contribution in [1.29, 1.82) is 0 Å². The van der Waals surface area contributed by atoms with E-state index in [1.165, 1.54) is 24.4 Å². The maximum Gasteiger partial charge on any atom is 0.326 e. The van der Waals surface area contributed by atoms with Crippen LogP contribution in [0.1, 0.15) is 25.0 Å². The monoisotopic (exact) mass is 562 g/mol. The minimum atomic E-state index is -4.23. The molecule has 1 aliphatic heterocycles. The Labute approximate surface area is 190 Å². The average molecular weight is 562 g/mol. The van der Waals surface area contributed by atoms with E-state index in [1.807, 2.05) is 22.6 Å². The van der Waals surface area contributed by atoms with Gasteiger partial charge in [0.1, 0.15) is 22.6 Å². The fourth-order valence-corrected chi connectivity index (χ4v) is 6.23. The minimum Gasteiger partial charge on any atom is -0.480 e. The van der Waals surface area contributed by atoms with Gasteiger partial charge in [-0.05, 0) is 60.1 Å². The Morgan fingerprint density at radius 2 is 1.87 bits per heavy atom. The van der Waals surface area contributed by atoms with E-state index in [0.29, 0.717) is 3.57 Å². The van der Waals surface area contributed by atoms with E-state index in [2.05, 4.69) is 4.98 Å². The molecule has 11 heteroatoms. The largest absolute Gasteiger partial charge is 0.480 e. The van der Waals surface area contributed by atoms with Crippen molar-refractivity contribution in [3.8, 4) is 0 Å². The Morgan fingerprint density at radius 3 is 2.45 bits per heavy atom. The zero-order valence-corrected chi connectivity index (χ0v) is 18.9. The van der Waals surface area contributed by atoms with Crippen molar-refractivity contribution in [3.63, 3.8) is 0 Å². The van der Waals surface area contributed by atoms with Crippen LogP contribution in [0.25, 0.3) is 0 Å². The highest BCUT2D eigenvalue weighted by Crippen LogP contribution is 2.51.